The van der Waals surface area contributed by atoms with E-state index in [-0.39, 0.29) is 5.41 Å². The molecule has 0 N–H and O–H groups in total. The standard InChI is InChI=1S/C22H34O2/c1-14(23)18-7-8-19-17-6-5-15-13-16(24-4)9-11-21(15,2)20(17)10-12-22(18,19)3/h5,16-20H,6-13H2,1-4H3/t16-,17?,18+,19?,20?,21?,22+/m0/s1. The van der Waals surface area contributed by atoms with E-state index in [1.807, 2.05) is 14.0 Å². The van der Waals surface area contributed by atoms with Gasteiger partial charge in [-0.05, 0) is 86.9 Å². The van der Waals surface area contributed by atoms with Gasteiger partial charge in [0.1, 0.15) is 5.78 Å². The Hall–Kier alpha value is -0.630. The fourth-order valence-corrected chi connectivity index (χ4v) is 7.50. The van der Waals surface area contributed by atoms with Crippen LogP contribution in [0.3, 0.4) is 0 Å². The highest BCUT2D eigenvalue weighted by atomic mass is 16.5. The van der Waals surface area contributed by atoms with Crippen LogP contribution >= 0.6 is 0 Å². The van der Waals surface area contributed by atoms with Crippen molar-refractivity contribution in [2.75, 3.05) is 7.11 Å². The summed E-state index contributed by atoms with van der Waals surface area (Å²) < 4.78 is 5.67. The monoisotopic (exact) mass is 330 g/mol. The van der Waals surface area contributed by atoms with Crippen LogP contribution in [0, 0.1) is 34.5 Å². The molecule has 2 heteroatoms. The van der Waals surface area contributed by atoms with E-state index in [2.05, 4.69) is 19.9 Å². The molecule has 0 spiro atoms. The van der Waals surface area contributed by atoms with Gasteiger partial charge in [0.15, 0.2) is 0 Å². The van der Waals surface area contributed by atoms with Gasteiger partial charge in [0, 0.05) is 13.0 Å². The Balaban J connectivity index is 1.63. The van der Waals surface area contributed by atoms with Crippen LogP contribution in [0.4, 0.5) is 0 Å². The van der Waals surface area contributed by atoms with E-state index in [4.69, 9.17) is 4.74 Å². The van der Waals surface area contributed by atoms with E-state index in [1.54, 1.807) is 5.57 Å². The first-order valence-electron chi connectivity index (χ1n) is 10.1. The third-order valence-corrected chi connectivity index (χ3v) is 8.88. The Morgan fingerprint density at radius 2 is 1.92 bits per heavy atom. The number of methoxy groups -OCH3 is 1. The van der Waals surface area contributed by atoms with Gasteiger partial charge in [0.25, 0.3) is 0 Å². The molecular formula is C22H34O2. The lowest BCUT2D eigenvalue weighted by Gasteiger charge is -2.58. The zero-order valence-electron chi connectivity index (χ0n) is 15.9. The number of carbonyl (C=O) groups is 1. The van der Waals surface area contributed by atoms with Crippen LogP contribution in [-0.4, -0.2) is 19.0 Å². The maximum absolute atomic E-state index is 12.2. The van der Waals surface area contributed by atoms with Crippen LogP contribution in [0.1, 0.15) is 72.1 Å². The summed E-state index contributed by atoms with van der Waals surface area (Å²) >= 11 is 0. The molecule has 2 nitrogen and oxygen atoms in total. The van der Waals surface area contributed by atoms with Crippen LogP contribution in [-0.2, 0) is 9.53 Å². The van der Waals surface area contributed by atoms with E-state index in [0.717, 1.165) is 30.6 Å². The number of hydrogen-bond acceptors (Lipinski definition) is 2. The molecule has 24 heavy (non-hydrogen) atoms. The van der Waals surface area contributed by atoms with Crippen molar-refractivity contribution >= 4 is 5.78 Å². The molecule has 7 atom stereocenters. The molecule has 4 aliphatic rings. The minimum atomic E-state index is 0.276. The van der Waals surface area contributed by atoms with Crippen LogP contribution < -0.4 is 0 Å². The van der Waals surface area contributed by atoms with Crippen molar-refractivity contribution in [3.63, 3.8) is 0 Å². The van der Waals surface area contributed by atoms with Crippen LogP contribution in [0.15, 0.2) is 11.6 Å². The van der Waals surface area contributed by atoms with Crippen molar-refractivity contribution in [3.05, 3.63) is 11.6 Å². The third-order valence-electron chi connectivity index (χ3n) is 8.88. The van der Waals surface area contributed by atoms with Gasteiger partial charge in [-0.1, -0.05) is 25.5 Å². The van der Waals surface area contributed by atoms with Crippen LogP contribution in [0.2, 0.25) is 0 Å². The van der Waals surface area contributed by atoms with Crippen LogP contribution in [0.25, 0.3) is 0 Å². The van der Waals surface area contributed by atoms with Gasteiger partial charge < -0.3 is 4.74 Å². The zero-order valence-corrected chi connectivity index (χ0v) is 15.9. The van der Waals surface area contributed by atoms with Crippen molar-refractivity contribution in [3.8, 4) is 0 Å². The lowest BCUT2D eigenvalue weighted by molar-refractivity contribution is -0.127. The van der Waals surface area contributed by atoms with Crippen molar-refractivity contribution < 1.29 is 9.53 Å². The summed E-state index contributed by atoms with van der Waals surface area (Å²) in [5.41, 5.74) is 2.36. The smallest absolute Gasteiger partial charge is 0.133 e. The Morgan fingerprint density at radius 1 is 1.12 bits per heavy atom. The average molecular weight is 331 g/mol. The van der Waals surface area contributed by atoms with Crippen molar-refractivity contribution in [1.82, 2.24) is 0 Å². The molecule has 0 aromatic carbocycles. The maximum atomic E-state index is 12.2. The molecule has 0 heterocycles. The fraction of sp³-hybridized carbons (Fsp3) is 0.864. The number of Topliss-reactive ketones (excluding diaryl/α,β-unsaturated/α-hetero) is 1. The minimum absolute atomic E-state index is 0.276. The van der Waals surface area contributed by atoms with E-state index in [0.29, 0.717) is 23.2 Å². The fourth-order valence-electron chi connectivity index (χ4n) is 7.50. The predicted octanol–water partition coefficient (Wildman–Crippen LogP) is 5.17. The number of allylic oxidation sites excluding steroid dienone is 1. The predicted molar refractivity (Wildman–Crippen MR) is 96.7 cm³/mol. The third kappa shape index (κ3) is 2.21. The Bertz CT molecular complexity index is 564. The van der Waals surface area contributed by atoms with E-state index in [9.17, 15) is 4.79 Å². The second-order valence-corrected chi connectivity index (χ2v) is 9.64. The van der Waals surface area contributed by atoms with Crippen molar-refractivity contribution in [2.45, 2.75) is 78.2 Å². The quantitative estimate of drug-likeness (QED) is 0.653. The summed E-state index contributed by atoms with van der Waals surface area (Å²) in [6.45, 7) is 6.81. The Morgan fingerprint density at radius 3 is 2.62 bits per heavy atom. The highest BCUT2D eigenvalue weighted by molar-refractivity contribution is 5.79. The average Bonchev–Trinajstić information content (AvgIpc) is 2.91. The van der Waals surface area contributed by atoms with Crippen LogP contribution in [0.5, 0.6) is 0 Å². The Labute approximate surface area is 147 Å². The number of carbonyl (C=O) groups excluding carboxylic acids is 1. The molecule has 0 bridgehead atoms. The van der Waals surface area contributed by atoms with Gasteiger partial charge in [-0.3, -0.25) is 4.79 Å². The lowest BCUT2D eigenvalue weighted by atomic mass is 9.47. The first kappa shape index (κ1) is 16.8. The molecule has 134 valence electrons. The normalized spacial score (nSPS) is 50.5. The zero-order chi connectivity index (χ0) is 17.1. The van der Waals surface area contributed by atoms with E-state index >= 15 is 0 Å². The molecule has 4 aliphatic carbocycles. The topological polar surface area (TPSA) is 26.3 Å². The van der Waals surface area contributed by atoms with Gasteiger partial charge in [-0.25, -0.2) is 0 Å². The first-order valence-corrected chi connectivity index (χ1v) is 10.1. The van der Waals surface area contributed by atoms with Crippen molar-refractivity contribution in [1.29, 1.82) is 0 Å². The largest absolute Gasteiger partial charge is 0.381 e. The summed E-state index contributed by atoms with van der Waals surface area (Å²) in [4.78, 5) is 12.2. The molecule has 4 rings (SSSR count). The highest BCUT2D eigenvalue weighted by Crippen LogP contribution is 2.66. The number of fused-ring (bicyclic) bond motifs is 5. The van der Waals surface area contributed by atoms with E-state index in [1.165, 1.54) is 38.5 Å². The SMILES string of the molecule is CO[C@H]1CCC2(C)C(=CCC3C2CC[C@@]2(C)C3CC[C@@H]2C(C)=O)C1. The molecule has 0 aliphatic heterocycles. The molecular weight excluding hydrogens is 296 g/mol. The van der Waals surface area contributed by atoms with Gasteiger partial charge >= 0.3 is 0 Å². The molecule has 0 amide bonds. The molecule has 3 fully saturated rings. The first-order chi connectivity index (χ1) is 11.4. The molecule has 0 aromatic heterocycles. The number of hydrogen-bond donors (Lipinski definition) is 0. The summed E-state index contributed by atoms with van der Waals surface area (Å²) in [7, 11) is 1.87. The summed E-state index contributed by atoms with van der Waals surface area (Å²) in [5.74, 6) is 3.17. The number of ether oxygens (including phenoxy) is 1. The second kappa shape index (κ2) is 5.69. The van der Waals surface area contributed by atoms with Gasteiger partial charge in [-0.2, -0.15) is 0 Å². The summed E-state index contributed by atoms with van der Waals surface area (Å²) in [6.07, 6.45) is 12.9. The van der Waals surface area contributed by atoms with Gasteiger partial charge in [0.2, 0.25) is 0 Å². The summed E-state index contributed by atoms with van der Waals surface area (Å²) in [5, 5.41) is 0. The molecule has 0 saturated heterocycles. The lowest BCUT2D eigenvalue weighted by Crippen LogP contribution is -2.51. The van der Waals surface area contributed by atoms with Gasteiger partial charge in [-0.15, -0.1) is 0 Å². The summed E-state index contributed by atoms with van der Waals surface area (Å²) in [6, 6.07) is 0. The second-order valence-electron chi connectivity index (χ2n) is 9.64. The molecule has 0 radical (unpaired) electrons. The molecule has 0 aromatic rings. The Kier molecular flexibility index (Phi) is 3.99. The maximum Gasteiger partial charge on any atom is 0.133 e. The molecule has 4 unspecified atom stereocenters. The molecule has 3 saturated carbocycles. The van der Waals surface area contributed by atoms with Crippen molar-refractivity contribution in [2.24, 2.45) is 34.5 Å². The van der Waals surface area contributed by atoms with E-state index < -0.39 is 0 Å². The number of rotatable bonds is 2. The number of ketones is 1. The highest BCUT2D eigenvalue weighted by Gasteiger charge is 2.59. The minimum Gasteiger partial charge on any atom is -0.381 e. The van der Waals surface area contributed by atoms with Gasteiger partial charge in [0.05, 0.1) is 6.10 Å².